The maximum atomic E-state index is 5.73. The van der Waals surface area contributed by atoms with Gasteiger partial charge in [-0.25, -0.2) is 0 Å². The van der Waals surface area contributed by atoms with Crippen molar-refractivity contribution < 1.29 is 4.74 Å². The summed E-state index contributed by atoms with van der Waals surface area (Å²) in [6.45, 7) is 7.64. The smallest absolute Gasteiger partial charge is 0.127 e. The van der Waals surface area contributed by atoms with Crippen LogP contribution in [0.5, 0.6) is 5.75 Å². The van der Waals surface area contributed by atoms with Crippen molar-refractivity contribution in [2.24, 2.45) is 0 Å². The fourth-order valence-corrected chi connectivity index (χ4v) is 1.61. The molecule has 0 fully saturated rings. The summed E-state index contributed by atoms with van der Waals surface area (Å²) in [5.41, 5.74) is 3.81. The molecule has 1 aromatic carbocycles. The summed E-state index contributed by atoms with van der Waals surface area (Å²) in [5.74, 6) is 0.954. The van der Waals surface area contributed by atoms with Crippen LogP contribution in [0.2, 0.25) is 0 Å². The average molecular weight is 254 g/mol. The summed E-state index contributed by atoms with van der Waals surface area (Å²) in [6, 6.07) is 6.66. The zero-order chi connectivity index (χ0) is 12.7. The summed E-state index contributed by atoms with van der Waals surface area (Å²) in [5, 5.41) is 3.40. The van der Waals surface area contributed by atoms with E-state index in [-0.39, 0.29) is 0 Å². The lowest BCUT2D eigenvalue weighted by atomic mass is 10.1. The topological polar surface area (TPSA) is 21.3 Å². The molecule has 17 heavy (non-hydrogen) atoms. The van der Waals surface area contributed by atoms with Gasteiger partial charge in [0.25, 0.3) is 0 Å². The van der Waals surface area contributed by atoms with Crippen LogP contribution in [-0.2, 0) is 6.54 Å². The van der Waals surface area contributed by atoms with Gasteiger partial charge in [0.05, 0.1) is 0 Å². The molecule has 1 rings (SSSR count). The molecule has 0 heterocycles. The summed E-state index contributed by atoms with van der Waals surface area (Å²) in [6.07, 6.45) is 1.79. The van der Waals surface area contributed by atoms with Gasteiger partial charge in [-0.05, 0) is 18.6 Å². The Labute approximate surface area is 109 Å². The van der Waals surface area contributed by atoms with E-state index in [4.69, 9.17) is 16.3 Å². The minimum atomic E-state index is 0.464. The number of para-hydroxylation sites is 1. The first-order chi connectivity index (χ1) is 8.15. The van der Waals surface area contributed by atoms with E-state index >= 15 is 0 Å². The minimum absolute atomic E-state index is 0.464. The maximum absolute atomic E-state index is 5.73. The lowest BCUT2D eigenvalue weighted by Gasteiger charge is -2.15. The molecule has 1 aromatic rings. The van der Waals surface area contributed by atoms with E-state index in [1.807, 2.05) is 0 Å². The monoisotopic (exact) mass is 253 g/mol. The second kappa shape index (κ2) is 7.36. The highest BCUT2D eigenvalue weighted by atomic mass is 35.5. The molecule has 3 heteroatoms. The standard InChI is InChI=1S/C14H20ClNO/c1-11(2)16-10-13-7-4-6-12(3)14(13)17-9-5-8-15/h4-8,11,16H,9-10H2,1-3H3/b8-5+. The zero-order valence-corrected chi connectivity index (χ0v) is 11.4. The van der Waals surface area contributed by atoms with Gasteiger partial charge in [0.1, 0.15) is 12.4 Å². The van der Waals surface area contributed by atoms with Gasteiger partial charge in [0.2, 0.25) is 0 Å². The molecule has 0 aromatic heterocycles. The van der Waals surface area contributed by atoms with Crippen molar-refractivity contribution in [3.8, 4) is 5.75 Å². The Hall–Kier alpha value is -0.990. The number of aryl methyl sites for hydroxylation is 1. The van der Waals surface area contributed by atoms with Crippen molar-refractivity contribution >= 4 is 11.6 Å². The molecule has 94 valence electrons. The van der Waals surface area contributed by atoms with E-state index in [0.29, 0.717) is 12.6 Å². The lowest BCUT2D eigenvalue weighted by Crippen LogP contribution is -2.22. The van der Waals surface area contributed by atoms with Crippen LogP contribution in [0.4, 0.5) is 0 Å². The van der Waals surface area contributed by atoms with Crippen molar-refractivity contribution in [3.63, 3.8) is 0 Å². The van der Waals surface area contributed by atoms with Crippen molar-refractivity contribution in [2.75, 3.05) is 6.61 Å². The molecule has 0 aliphatic rings. The van der Waals surface area contributed by atoms with Crippen molar-refractivity contribution in [2.45, 2.75) is 33.4 Å². The van der Waals surface area contributed by atoms with E-state index in [2.05, 4.69) is 44.3 Å². The quantitative estimate of drug-likeness (QED) is 0.836. The highest BCUT2D eigenvalue weighted by Gasteiger charge is 2.06. The first kappa shape index (κ1) is 14.1. The molecule has 0 atom stereocenters. The number of nitrogens with one attached hydrogen (secondary N) is 1. The van der Waals surface area contributed by atoms with E-state index in [9.17, 15) is 0 Å². The molecule has 0 aliphatic carbocycles. The number of hydrogen-bond acceptors (Lipinski definition) is 2. The summed E-state index contributed by atoms with van der Waals surface area (Å²) >= 11 is 5.48. The van der Waals surface area contributed by atoms with Gasteiger partial charge in [0.15, 0.2) is 0 Å². The lowest BCUT2D eigenvalue weighted by molar-refractivity contribution is 0.354. The number of hydrogen-bond donors (Lipinski definition) is 1. The van der Waals surface area contributed by atoms with E-state index < -0.39 is 0 Å². The molecule has 2 nitrogen and oxygen atoms in total. The van der Waals surface area contributed by atoms with Gasteiger partial charge < -0.3 is 10.1 Å². The predicted molar refractivity (Wildman–Crippen MR) is 73.6 cm³/mol. The summed E-state index contributed by atoms with van der Waals surface area (Å²) < 4.78 is 5.73. The van der Waals surface area contributed by atoms with Crippen molar-refractivity contribution in [1.82, 2.24) is 5.32 Å². The second-order valence-electron chi connectivity index (χ2n) is 4.27. The minimum Gasteiger partial charge on any atom is -0.489 e. The van der Waals surface area contributed by atoms with E-state index in [1.54, 1.807) is 6.08 Å². The van der Waals surface area contributed by atoms with Crippen molar-refractivity contribution in [1.29, 1.82) is 0 Å². The first-order valence-electron chi connectivity index (χ1n) is 5.85. The maximum Gasteiger partial charge on any atom is 0.127 e. The Balaban J connectivity index is 2.76. The Morgan fingerprint density at radius 3 is 2.82 bits per heavy atom. The third-order valence-corrected chi connectivity index (χ3v) is 2.59. The molecule has 0 saturated heterocycles. The Morgan fingerprint density at radius 2 is 2.18 bits per heavy atom. The van der Waals surface area contributed by atoms with Crippen LogP contribution < -0.4 is 10.1 Å². The van der Waals surface area contributed by atoms with E-state index in [0.717, 1.165) is 17.9 Å². The fraction of sp³-hybridized carbons (Fsp3) is 0.429. The molecule has 0 aliphatic heterocycles. The van der Waals surface area contributed by atoms with Gasteiger partial charge in [0, 0.05) is 23.7 Å². The molecule has 0 radical (unpaired) electrons. The number of halogens is 1. The number of rotatable bonds is 6. The van der Waals surface area contributed by atoms with Crippen LogP contribution >= 0.6 is 11.6 Å². The van der Waals surface area contributed by atoms with Crippen LogP contribution in [0.25, 0.3) is 0 Å². The van der Waals surface area contributed by atoms with Gasteiger partial charge in [-0.15, -0.1) is 0 Å². The van der Waals surface area contributed by atoms with Gasteiger partial charge in [-0.2, -0.15) is 0 Å². The number of benzene rings is 1. The molecule has 1 N–H and O–H groups in total. The van der Waals surface area contributed by atoms with Gasteiger partial charge in [-0.3, -0.25) is 0 Å². The zero-order valence-electron chi connectivity index (χ0n) is 10.7. The first-order valence-corrected chi connectivity index (χ1v) is 6.28. The third kappa shape index (κ3) is 4.80. The van der Waals surface area contributed by atoms with E-state index in [1.165, 1.54) is 11.1 Å². The normalized spacial score (nSPS) is 11.4. The van der Waals surface area contributed by atoms with Crippen LogP contribution in [0.15, 0.2) is 29.8 Å². The Morgan fingerprint density at radius 1 is 1.41 bits per heavy atom. The Bertz CT molecular complexity index is 374. The van der Waals surface area contributed by atoms with Crippen LogP contribution in [0.3, 0.4) is 0 Å². The molecule has 0 unspecified atom stereocenters. The van der Waals surface area contributed by atoms with Crippen LogP contribution in [-0.4, -0.2) is 12.6 Å². The molecule has 0 saturated carbocycles. The molecule has 0 amide bonds. The van der Waals surface area contributed by atoms with Gasteiger partial charge >= 0.3 is 0 Å². The molecular formula is C14H20ClNO. The second-order valence-corrected chi connectivity index (χ2v) is 4.52. The molecule has 0 spiro atoms. The SMILES string of the molecule is Cc1cccc(CNC(C)C)c1OC/C=C/Cl. The summed E-state index contributed by atoms with van der Waals surface area (Å²) in [7, 11) is 0. The fourth-order valence-electron chi connectivity index (χ4n) is 1.54. The average Bonchev–Trinajstić information content (AvgIpc) is 2.29. The molecule has 0 bridgehead atoms. The van der Waals surface area contributed by atoms with Crippen molar-refractivity contribution in [3.05, 3.63) is 40.9 Å². The van der Waals surface area contributed by atoms with Crippen LogP contribution in [0, 0.1) is 6.92 Å². The molecular weight excluding hydrogens is 234 g/mol. The van der Waals surface area contributed by atoms with Crippen LogP contribution in [0.1, 0.15) is 25.0 Å². The highest BCUT2D eigenvalue weighted by Crippen LogP contribution is 2.23. The highest BCUT2D eigenvalue weighted by molar-refractivity contribution is 6.25. The Kier molecular flexibility index (Phi) is 6.09. The van der Waals surface area contributed by atoms with Gasteiger partial charge in [-0.1, -0.05) is 43.6 Å². The largest absolute Gasteiger partial charge is 0.489 e. The number of ether oxygens (including phenoxy) is 1. The third-order valence-electron chi connectivity index (χ3n) is 2.41. The predicted octanol–water partition coefficient (Wildman–Crippen LogP) is 3.62. The summed E-state index contributed by atoms with van der Waals surface area (Å²) in [4.78, 5) is 0.